The highest BCUT2D eigenvalue weighted by Gasteiger charge is 2.25. The molecule has 1 aliphatic heterocycles. The molecule has 6 nitrogen and oxygen atoms in total. The number of carbonyl (C=O) groups excluding carboxylic acids is 1. The zero-order valence-electron chi connectivity index (χ0n) is 9.85. The Bertz CT molecular complexity index is 394. The lowest BCUT2D eigenvalue weighted by molar-refractivity contribution is -0.126. The standard InChI is InChI=1S/C10H17N5OS/c1-12-10(16)7-3-2-4-15(5-7)6-8-9(11)17-14-13-8/h7H,2-6,11H2,1H3,(H,12,16). The number of amides is 1. The number of likely N-dealkylation sites (tertiary alicyclic amines) is 1. The molecule has 1 aromatic heterocycles. The number of rotatable bonds is 3. The summed E-state index contributed by atoms with van der Waals surface area (Å²) in [6.45, 7) is 2.46. The first-order valence-electron chi connectivity index (χ1n) is 5.71. The minimum Gasteiger partial charge on any atom is -0.388 e. The molecule has 0 saturated carbocycles. The Hall–Kier alpha value is -1.21. The minimum absolute atomic E-state index is 0.0848. The van der Waals surface area contributed by atoms with E-state index in [0.717, 1.165) is 31.6 Å². The number of carbonyl (C=O) groups is 1. The van der Waals surface area contributed by atoms with Crippen molar-refractivity contribution in [3.8, 4) is 0 Å². The summed E-state index contributed by atoms with van der Waals surface area (Å²) < 4.78 is 3.82. The molecule has 0 bridgehead atoms. The number of nitrogen functional groups attached to an aromatic ring is 1. The molecule has 1 aliphatic rings. The molecule has 1 amide bonds. The predicted octanol–water partition coefficient (Wildman–Crippen LogP) is 0.0783. The summed E-state index contributed by atoms with van der Waals surface area (Å²) in [6.07, 6.45) is 2.00. The molecule has 1 saturated heterocycles. The molecule has 1 aromatic rings. The summed E-state index contributed by atoms with van der Waals surface area (Å²) >= 11 is 1.22. The fourth-order valence-electron chi connectivity index (χ4n) is 2.15. The summed E-state index contributed by atoms with van der Waals surface area (Å²) in [4.78, 5) is 13.8. The molecule has 2 heterocycles. The van der Waals surface area contributed by atoms with Gasteiger partial charge in [0.05, 0.1) is 5.92 Å². The number of anilines is 1. The van der Waals surface area contributed by atoms with Crippen LogP contribution in [-0.4, -0.2) is 40.5 Å². The van der Waals surface area contributed by atoms with E-state index >= 15 is 0 Å². The van der Waals surface area contributed by atoms with Crippen molar-refractivity contribution >= 4 is 22.4 Å². The van der Waals surface area contributed by atoms with Gasteiger partial charge in [-0.1, -0.05) is 4.49 Å². The van der Waals surface area contributed by atoms with Crippen LogP contribution in [0.25, 0.3) is 0 Å². The van der Waals surface area contributed by atoms with Gasteiger partial charge in [-0.2, -0.15) is 0 Å². The van der Waals surface area contributed by atoms with Gasteiger partial charge < -0.3 is 11.1 Å². The van der Waals surface area contributed by atoms with Crippen LogP contribution in [0.4, 0.5) is 5.00 Å². The molecule has 2 rings (SSSR count). The van der Waals surface area contributed by atoms with Gasteiger partial charge in [0.25, 0.3) is 0 Å². The van der Waals surface area contributed by atoms with Crippen molar-refractivity contribution in [1.29, 1.82) is 0 Å². The molecular formula is C10H17N5OS. The van der Waals surface area contributed by atoms with Crippen LogP contribution in [0.3, 0.4) is 0 Å². The SMILES string of the molecule is CNC(=O)C1CCCN(Cc2nnsc2N)C1. The topological polar surface area (TPSA) is 84.1 Å². The summed E-state index contributed by atoms with van der Waals surface area (Å²) in [5.41, 5.74) is 6.59. The number of hydrogen-bond acceptors (Lipinski definition) is 6. The van der Waals surface area contributed by atoms with Crippen LogP contribution in [0.2, 0.25) is 0 Å². The Labute approximate surface area is 104 Å². The highest BCUT2D eigenvalue weighted by molar-refractivity contribution is 7.09. The van der Waals surface area contributed by atoms with Crippen LogP contribution >= 0.6 is 11.5 Å². The average molecular weight is 255 g/mol. The number of nitrogens with two attached hydrogens (primary N) is 1. The second-order valence-electron chi connectivity index (χ2n) is 4.27. The molecule has 3 N–H and O–H groups in total. The Balaban J connectivity index is 1.94. The van der Waals surface area contributed by atoms with E-state index < -0.39 is 0 Å². The highest BCUT2D eigenvalue weighted by Crippen LogP contribution is 2.21. The lowest BCUT2D eigenvalue weighted by Crippen LogP contribution is -2.41. The third-order valence-electron chi connectivity index (χ3n) is 3.08. The predicted molar refractivity (Wildman–Crippen MR) is 66.4 cm³/mol. The van der Waals surface area contributed by atoms with Crippen molar-refractivity contribution in [3.05, 3.63) is 5.69 Å². The Morgan fingerprint density at radius 3 is 3.18 bits per heavy atom. The van der Waals surface area contributed by atoms with Gasteiger partial charge in [0.1, 0.15) is 10.7 Å². The van der Waals surface area contributed by atoms with E-state index in [-0.39, 0.29) is 11.8 Å². The molecule has 0 radical (unpaired) electrons. The van der Waals surface area contributed by atoms with Gasteiger partial charge in [0.2, 0.25) is 5.91 Å². The second kappa shape index (κ2) is 5.42. The maximum Gasteiger partial charge on any atom is 0.224 e. The van der Waals surface area contributed by atoms with Crippen LogP contribution in [0.5, 0.6) is 0 Å². The van der Waals surface area contributed by atoms with E-state index in [1.54, 1.807) is 7.05 Å². The van der Waals surface area contributed by atoms with Crippen molar-refractivity contribution in [2.45, 2.75) is 19.4 Å². The molecular weight excluding hydrogens is 238 g/mol. The Morgan fingerprint density at radius 2 is 2.53 bits per heavy atom. The molecule has 1 unspecified atom stereocenters. The van der Waals surface area contributed by atoms with Gasteiger partial charge in [-0.3, -0.25) is 9.69 Å². The van der Waals surface area contributed by atoms with Crippen molar-refractivity contribution in [2.24, 2.45) is 5.92 Å². The van der Waals surface area contributed by atoms with E-state index in [1.165, 1.54) is 11.5 Å². The van der Waals surface area contributed by atoms with Gasteiger partial charge in [-0.05, 0) is 19.4 Å². The lowest BCUT2D eigenvalue weighted by atomic mass is 9.97. The quantitative estimate of drug-likeness (QED) is 0.799. The molecule has 17 heavy (non-hydrogen) atoms. The molecule has 0 aliphatic carbocycles. The van der Waals surface area contributed by atoms with E-state index in [4.69, 9.17) is 5.73 Å². The normalized spacial score (nSPS) is 21.4. The van der Waals surface area contributed by atoms with Gasteiger partial charge in [0, 0.05) is 31.7 Å². The van der Waals surface area contributed by atoms with Gasteiger partial charge in [-0.15, -0.1) is 5.10 Å². The molecule has 94 valence electrons. The van der Waals surface area contributed by atoms with Crippen LogP contribution in [0.15, 0.2) is 0 Å². The molecule has 0 spiro atoms. The summed E-state index contributed by atoms with van der Waals surface area (Å²) in [5.74, 6) is 0.209. The summed E-state index contributed by atoms with van der Waals surface area (Å²) in [5, 5.41) is 7.38. The number of nitrogens with one attached hydrogen (secondary N) is 1. The number of nitrogens with zero attached hydrogens (tertiary/aromatic N) is 3. The maximum atomic E-state index is 11.6. The van der Waals surface area contributed by atoms with Gasteiger partial charge >= 0.3 is 0 Å². The van der Waals surface area contributed by atoms with Gasteiger partial charge in [0.15, 0.2) is 0 Å². The Kier molecular flexibility index (Phi) is 3.90. The third kappa shape index (κ3) is 2.92. The van der Waals surface area contributed by atoms with Crippen molar-refractivity contribution < 1.29 is 4.79 Å². The smallest absolute Gasteiger partial charge is 0.224 e. The zero-order chi connectivity index (χ0) is 12.3. The lowest BCUT2D eigenvalue weighted by Gasteiger charge is -2.31. The largest absolute Gasteiger partial charge is 0.388 e. The fraction of sp³-hybridized carbons (Fsp3) is 0.700. The molecule has 1 atom stereocenters. The number of piperidine rings is 1. The number of hydrogen-bond donors (Lipinski definition) is 2. The number of aromatic nitrogens is 2. The third-order valence-corrected chi connectivity index (χ3v) is 3.68. The summed E-state index contributed by atoms with van der Waals surface area (Å²) in [7, 11) is 1.68. The van der Waals surface area contributed by atoms with E-state index in [2.05, 4.69) is 19.8 Å². The first-order chi connectivity index (χ1) is 8.20. The van der Waals surface area contributed by atoms with Crippen molar-refractivity contribution in [3.63, 3.8) is 0 Å². The minimum atomic E-state index is 0.0848. The van der Waals surface area contributed by atoms with Crippen molar-refractivity contribution in [2.75, 3.05) is 25.9 Å². The molecule has 0 aromatic carbocycles. The fourth-order valence-corrected chi connectivity index (χ4v) is 2.59. The monoisotopic (exact) mass is 255 g/mol. The van der Waals surface area contributed by atoms with Gasteiger partial charge in [-0.25, -0.2) is 0 Å². The van der Waals surface area contributed by atoms with Crippen LogP contribution < -0.4 is 11.1 Å². The summed E-state index contributed by atoms with van der Waals surface area (Å²) in [6, 6.07) is 0. The van der Waals surface area contributed by atoms with Crippen LogP contribution in [0.1, 0.15) is 18.5 Å². The average Bonchev–Trinajstić information content (AvgIpc) is 2.74. The second-order valence-corrected chi connectivity index (χ2v) is 5.06. The van der Waals surface area contributed by atoms with Crippen molar-refractivity contribution in [1.82, 2.24) is 19.8 Å². The van der Waals surface area contributed by atoms with E-state index in [9.17, 15) is 4.79 Å². The maximum absolute atomic E-state index is 11.6. The molecule has 7 heteroatoms. The highest BCUT2D eigenvalue weighted by atomic mass is 32.1. The Morgan fingerprint density at radius 1 is 1.71 bits per heavy atom. The van der Waals surface area contributed by atoms with E-state index in [0.29, 0.717) is 11.5 Å². The van der Waals surface area contributed by atoms with Crippen LogP contribution in [-0.2, 0) is 11.3 Å². The first kappa shape index (κ1) is 12.3. The zero-order valence-corrected chi connectivity index (χ0v) is 10.7. The van der Waals surface area contributed by atoms with Crippen LogP contribution in [0, 0.1) is 5.92 Å². The molecule has 1 fully saturated rings. The first-order valence-corrected chi connectivity index (χ1v) is 6.48. The van der Waals surface area contributed by atoms with E-state index in [1.807, 2.05) is 0 Å².